The van der Waals surface area contributed by atoms with Crippen molar-refractivity contribution >= 4 is 57.4 Å². The third-order valence-electron chi connectivity index (χ3n) is 2.19. The summed E-state index contributed by atoms with van der Waals surface area (Å²) < 4.78 is 0.894. The van der Waals surface area contributed by atoms with Crippen LogP contribution in [-0.2, 0) is 0 Å². The van der Waals surface area contributed by atoms with E-state index in [-0.39, 0.29) is 11.1 Å². The van der Waals surface area contributed by atoms with Crippen LogP contribution < -0.4 is 5.32 Å². The van der Waals surface area contributed by atoms with Gasteiger partial charge in [0.2, 0.25) is 0 Å². The second kappa shape index (κ2) is 5.86. The van der Waals surface area contributed by atoms with Crippen molar-refractivity contribution in [3.8, 4) is 0 Å². The molecule has 0 aliphatic rings. The SMILES string of the molecule is O=C(Nc1cccnc1Cl)c1ccc(I)c(Cl)c1. The number of amides is 1. The molecule has 0 saturated carbocycles. The molecule has 3 nitrogen and oxygen atoms in total. The van der Waals surface area contributed by atoms with E-state index in [4.69, 9.17) is 23.2 Å². The number of rotatable bonds is 2. The van der Waals surface area contributed by atoms with Crippen LogP contribution in [0.3, 0.4) is 0 Å². The Hall–Kier alpha value is -0.850. The van der Waals surface area contributed by atoms with Gasteiger partial charge in [-0.25, -0.2) is 4.98 Å². The molecular formula is C12H7Cl2IN2O. The van der Waals surface area contributed by atoms with Crippen molar-refractivity contribution in [1.82, 2.24) is 4.98 Å². The Bertz CT molecular complexity index is 604. The monoisotopic (exact) mass is 392 g/mol. The first kappa shape index (κ1) is 13.6. The standard InChI is InChI=1S/C12H7Cl2IN2O/c13-8-6-7(3-4-9(8)15)12(18)17-10-2-1-5-16-11(10)14/h1-6H,(H,17,18). The predicted molar refractivity (Wildman–Crippen MR) is 81.4 cm³/mol. The molecule has 0 bridgehead atoms. The highest BCUT2D eigenvalue weighted by atomic mass is 127. The molecule has 1 heterocycles. The number of nitrogens with zero attached hydrogens (tertiary/aromatic N) is 1. The summed E-state index contributed by atoms with van der Waals surface area (Å²) in [4.78, 5) is 15.9. The van der Waals surface area contributed by atoms with E-state index < -0.39 is 0 Å². The van der Waals surface area contributed by atoms with Crippen LogP contribution in [0.2, 0.25) is 10.2 Å². The molecule has 1 amide bonds. The van der Waals surface area contributed by atoms with Crippen LogP contribution in [-0.4, -0.2) is 10.9 Å². The zero-order valence-corrected chi connectivity index (χ0v) is 12.6. The van der Waals surface area contributed by atoms with E-state index in [1.54, 1.807) is 36.5 Å². The van der Waals surface area contributed by atoms with Gasteiger partial charge in [0.25, 0.3) is 5.91 Å². The number of aromatic nitrogens is 1. The first-order valence-electron chi connectivity index (χ1n) is 4.95. The van der Waals surface area contributed by atoms with Crippen molar-refractivity contribution in [3.05, 3.63) is 55.8 Å². The molecule has 1 aromatic carbocycles. The molecule has 6 heteroatoms. The molecule has 1 aromatic heterocycles. The minimum atomic E-state index is -0.275. The zero-order chi connectivity index (χ0) is 13.1. The number of pyridine rings is 1. The minimum absolute atomic E-state index is 0.252. The van der Waals surface area contributed by atoms with Crippen LogP contribution >= 0.6 is 45.8 Å². The summed E-state index contributed by atoms with van der Waals surface area (Å²) in [5.41, 5.74) is 0.944. The van der Waals surface area contributed by atoms with Gasteiger partial charge >= 0.3 is 0 Å². The van der Waals surface area contributed by atoms with Crippen molar-refractivity contribution in [3.63, 3.8) is 0 Å². The highest BCUT2D eigenvalue weighted by Gasteiger charge is 2.10. The van der Waals surface area contributed by atoms with Crippen LogP contribution in [0, 0.1) is 3.57 Å². The summed E-state index contributed by atoms with van der Waals surface area (Å²) in [6.07, 6.45) is 1.56. The molecule has 0 unspecified atom stereocenters. The number of carbonyl (C=O) groups is 1. The Morgan fingerprint density at radius 1 is 1.28 bits per heavy atom. The fraction of sp³-hybridized carbons (Fsp3) is 0. The van der Waals surface area contributed by atoms with E-state index in [2.05, 4.69) is 32.9 Å². The van der Waals surface area contributed by atoms with Gasteiger partial charge in [0, 0.05) is 15.3 Å². The second-order valence-corrected chi connectivity index (χ2v) is 5.35. The van der Waals surface area contributed by atoms with Crippen LogP contribution in [0.4, 0.5) is 5.69 Å². The Kier molecular flexibility index (Phi) is 4.42. The number of hydrogen-bond acceptors (Lipinski definition) is 2. The van der Waals surface area contributed by atoms with Crippen LogP contribution in [0.25, 0.3) is 0 Å². The number of halogens is 3. The van der Waals surface area contributed by atoms with Gasteiger partial charge < -0.3 is 5.32 Å². The van der Waals surface area contributed by atoms with E-state index in [9.17, 15) is 4.79 Å². The van der Waals surface area contributed by atoms with Crippen molar-refractivity contribution in [2.45, 2.75) is 0 Å². The van der Waals surface area contributed by atoms with E-state index in [0.717, 1.165) is 3.57 Å². The summed E-state index contributed by atoms with van der Waals surface area (Å²) in [5.74, 6) is -0.275. The van der Waals surface area contributed by atoms with Gasteiger partial charge in [0.05, 0.1) is 10.7 Å². The molecule has 0 atom stereocenters. The summed E-state index contributed by atoms with van der Waals surface area (Å²) in [5, 5.41) is 3.47. The van der Waals surface area contributed by atoms with Crippen molar-refractivity contribution in [1.29, 1.82) is 0 Å². The quantitative estimate of drug-likeness (QED) is 0.613. The van der Waals surface area contributed by atoms with Crippen LogP contribution in [0.5, 0.6) is 0 Å². The molecule has 0 aliphatic heterocycles. The zero-order valence-electron chi connectivity index (χ0n) is 8.95. The number of anilines is 1. The maximum Gasteiger partial charge on any atom is 0.255 e. The van der Waals surface area contributed by atoms with E-state index in [1.807, 2.05) is 0 Å². The Labute approximate surface area is 128 Å². The Balaban J connectivity index is 2.22. The smallest absolute Gasteiger partial charge is 0.255 e. The van der Waals surface area contributed by atoms with Gasteiger partial charge in [0.1, 0.15) is 0 Å². The molecule has 2 rings (SSSR count). The van der Waals surface area contributed by atoms with Gasteiger partial charge in [-0.3, -0.25) is 4.79 Å². The second-order valence-electron chi connectivity index (χ2n) is 3.42. The third kappa shape index (κ3) is 3.13. The van der Waals surface area contributed by atoms with Gasteiger partial charge in [0.15, 0.2) is 5.15 Å². The summed E-state index contributed by atoms with van der Waals surface area (Å²) >= 11 is 13.9. The Morgan fingerprint density at radius 3 is 2.72 bits per heavy atom. The molecular weight excluding hydrogens is 386 g/mol. The Morgan fingerprint density at radius 2 is 2.06 bits per heavy atom. The highest BCUT2D eigenvalue weighted by Crippen LogP contribution is 2.22. The van der Waals surface area contributed by atoms with Gasteiger partial charge in [-0.1, -0.05) is 23.2 Å². The van der Waals surface area contributed by atoms with Crippen molar-refractivity contribution < 1.29 is 4.79 Å². The van der Waals surface area contributed by atoms with E-state index in [0.29, 0.717) is 16.3 Å². The first-order valence-corrected chi connectivity index (χ1v) is 6.78. The molecule has 1 N–H and O–H groups in total. The first-order chi connectivity index (χ1) is 8.58. The van der Waals surface area contributed by atoms with Crippen molar-refractivity contribution in [2.24, 2.45) is 0 Å². The molecule has 0 saturated heterocycles. The van der Waals surface area contributed by atoms with Gasteiger partial charge in [-0.15, -0.1) is 0 Å². The summed E-state index contributed by atoms with van der Waals surface area (Å²) in [6.45, 7) is 0. The maximum absolute atomic E-state index is 12.0. The molecule has 2 aromatic rings. The van der Waals surface area contributed by atoms with Gasteiger partial charge in [-0.05, 0) is 52.9 Å². The number of carbonyl (C=O) groups excluding carboxylic acids is 1. The largest absolute Gasteiger partial charge is 0.319 e. The minimum Gasteiger partial charge on any atom is -0.319 e. The number of nitrogens with one attached hydrogen (secondary N) is 1. The van der Waals surface area contributed by atoms with Crippen LogP contribution in [0.15, 0.2) is 36.5 Å². The molecule has 0 fully saturated rings. The van der Waals surface area contributed by atoms with E-state index in [1.165, 1.54) is 0 Å². The molecule has 18 heavy (non-hydrogen) atoms. The lowest BCUT2D eigenvalue weighted by atomic mass is 10.2. The molecule has 0 radical (unpaired) electrons. The number of benzene rings is 1. The number of hydrogen-bond donors (Lipinski definition) is 1. The highest BCUT2D eigenvalue weighted by molar-refractivity contribution is 14.1. The molecule has 92 valence electrons. The molecule has 0 aliphatic carbocycles. The lowest BCUT2D eigenvalue weighted by Crippen LogP contribution is -2.12. The third-order valence-corrected chi connectivity index (χ3v) is 4.06. The summed E-state index contributed by atoms with van der Waals surface area (Å²) in [6, 6.07) is 8.47. The fourth-order valence-corrected chi connectivity index (χ4v) is 1.99. The normalized spacial score (nSPS) is 10.2. The van der Waals surface area contributed by atoms with Gasteiger partial charge in [-0.2, -0.15) is 0 Å². The lowest BCUT2D eigenvalue weighted by molar-refractivity contribution is 0.102. The van der Waals surface area contributed by atoms with E-state index >= 15 is 0 Å². The fourth-order valence-electron chi connectivity index (χ4n) is 1.31. The lowest BCUT2D eigenvalue weighted by Gasteiger charge is -2.07. The topological polar surface area (TPSA) is 42.0 Å². The van der Waals surface area contributed by atoms with Crippen LogP contribution in [0.1, 0.15) is 10.4 Å². The average Bonchev–Trinajstić information content (AvgIpc) is 2.35. The summed E-state index contributed by atoms with van der Waals surface area (Å²) in [7, 11) is 0. The van der Waals surface area contributed by atoms with Crippen molar-refractivity contribution in [2.75, 3.05) is 5.32 Å². The molecule has 0 spiro atoms. The maximum atomic E-state index is 12.0. The predicted octanol–water partition coefficient (Wildman–Crippen LogP) is 4.25. The average molecular weight is 393 g/mol.